The third-order valence-corrected chi connectivity index (χ3v) is 7.82. The van der Waals surface area contributed by atoms with E-state index in [1.54, 1.807) is 6.20 Å². The number of pyridine rings is 1. The van der Waals surface area contributed by atoms with Gasteiger partial charge in [-0.1, -0.05) is 31.9 Å². The summed E-state index contributed by atoms with van der Waals surface area (Å²) in [5, 5.41) is 4.32. The van der Waals surface area contributed by atoms with Crippen LogP contribution in [0.4, 0.5) is 4.79 Å². The molecular formula is C27H33N3O2. The lowest BCUT2D eigenvalue weighted by molar-refractivity contribution is -0.114. The van der Waals surface area contributed by atoms with E-state index in [0.29, 0.717) is 41.1 Å². The monoisotopic (exact) mass is 431 g/mol. The van der Waals surface area contributed by atoms with Crippen molar-refractivity contribution >= 4 is 17.0 Å². The van der Waals surface area contributed by atoms with Gasteiger partial charge in [0, 0.05) is 23.7 Å². The van der Waals surface area contributed by atoms with Gasteiger partial charge in [0.25, 0.3) is 0 Å². The smallest absolute Gasteiger partial charge is 0.408 e. The Morgan fingerprint density at radius 2 is 1.97 bits per heavy atom. The van der Waals surface area contributed by atoms with Crippen molar-refractivity contribution < 1.29 is 9.53 Å². The number of terminal acetylenes is 1. The van der Waals surface area contributed by atoms with Crippen LogP contribution in [0.1, 0.15) is 57.9 Å². The summed E-state index contributed by atoms with van der Waals surface area (Å²) < 4.78 is 5.88. The second-order valence-corrected chi connectivity index (χ2v) is 11.4. The number of aromatic nitrogens is 1. The minimum atomic E-state index is -0.358. The number of amides is 1. The second kappa shape index (κ2) is 7.49. The zero-order chi connectivity index (χ0) is 22.6. The molecule has 4 aliphatic carbocycles. The fourth-order valence-electron chi connectivity index (χ4n) is 7.86. The van der Waals surface area contributed by atoms with Gasteiger partial charge in [0.05, 0.1) is 6.54 Å². The molecule has 5 heteroatoms. The van der Waals surface area contributed by atoms with E-state index in [2.05, 4.69) is 35.0 Å². The van der Waals surface area contributed by atoms with Crippen LogP contribution in [-0.4, -0.2) is 35.1 Å². The third kappa shape index (κ3) is 3.86. The van der Waals surface area contributed by atoms with Crippen molar-refractivity contribution in [3.8, 4) is 18.1 Å². The average Bonchev–Trinajstić information content (AvgIpc) is 2.67. The molecule has 4 bridgehead atoms. The Labute approximate surface area is 190 Å². The standard InChI is InChI=1S/C27H33N3O2/c1-5-11-30(4)15-20-8-9-22(23-21(20)7-6-10-28-23)32-24(31)29-27-14-19-12-25(2,17-27)16-26(3,13-19)18-27/h1,6-10,19H,11-18H2,2-4H3,(H,29,31). The molecule has 0 saturated heterocycles. The van der Waals surface area contributed by atoms with E-state index >= 15 is 0 Å². The summed E-state index contributed by atoms with van der Waals surface area (Å²) in [6, 6.07) is 7.79. The summed E-state index contributed by atoms with van der Waals surface area (Å²) in [4.78, 5) is 19.7. The highest BCUT2D eigenvalue weighted by Crippen LogP contribution is 2.66. The Morgan fingerprint density at radius 3 is 2.66 bits per heavy atom. The number of hydrogen-bond donors (Lipinski definition) is 1. The van der Waals surface area contributed by atoms with Crippen molar-refractivity contribution in [3.05, 3.63) is 36.0 Å². The average molecular weight is 432 g/mol. The van der Waals surface area contributed by atoms with Crippen LogP contribution in [-0.2, 0) is 6.54 Å². The van der Waals surface area contributed by atoms with Crippen LogP contribution in [0.5, 0.6) is 5.75 Å². The first-order valence-electron chi connectivity index (χ1n) is 11.7. The second-order valence-electron chi connectivity index (χ2n) is 11.4. The number of nitrogens with one attached hydrogen (secondary N) is 1. The molecule has 2 aromatic rings. The molecule has 32 heavy (non-hydrogen) atoms. The molecule has 168 valence electrons. The Balaban J connectivity index is 1.36. The minimum Gasteiger partial charge on any atom is -0.408 e. The number of benzene rings is 1. The van der Waals surface area contributed by atoms with Gasteiger partial charge in [-0.2, -0.15) is 0 Å². The number of ether oxygens (including phenoxy) is 1. The number of nitrogens with zero attached hydrogens (tertiary/aromatic N) is 2. The molecule has 4 fully saturated rings. The summed E-state index contributed by atoms with van der Waals surface area (Å²) in [5.41, 5.74) is 2.35. The largest absolute Gasteiger partial charge is 0.413 e. The van der Waals surface area contributed by atoms with E-state index in [1.807, 2.05) is 31.3 Å². The normalized spacial score (nSPS) is 32.8. The van der Waals surface area contributed by atoms with Crippen molar-refractivity contribution in [1.29, 1.82) is 0 Å². The fraction of sp³-hybridized carbons (Fsp3) is 0.556. The zero-order valence-electron chi connectivity index (χ0n) is 19.4. The van der Waals surface area contributed by atoms with E-state index in [0.717, 1.165) is 30.2 Å². The van der Waals surface area contributed by atoms with Gasteiger partial charge in [0.1, 0.15) is 5.52 Å². The topological polar surface area (TPSA) is 54.5 Å². The van der Waals surface area contributed by atoms with Crippen LogP contribution < -0.4 is 10.1 Å². The molecule has 1 aromatic heterocycles. The van der Waals surface area contributed by atoms with Crippen LogP contribution in [0.25, 0.3) is 10.9 Å². The molecule has 1 heterocycles. The molecule has 1 amide bonds. The Kier molecular flexibility index (Phi) is 4.98. The fourth-order valence-corrected chi connectivity index (χ4v) is 7.86. The summed E-state index contributed by atoms with van der Waals surface area (Å²) in [5.74, 6) is 3.89. The molecule has 0 spiro atoms. The van der Waals surface area contributed by atoms with E-state index in [-0.39, 0.29) is 11.6 Å². The van der Waals surface area contributed by atoms with Crippen LogP contribution in [0.15, 0.2) is 30.5 Å². The van der Waals surface area contributed by atoms with Gasteiger partial charge in [-0.25, -0.2) is 4.79 Å². The first-order chi connectivity index (χ1) is 15.2. The number of rotatable bonds is 5. The molecule has 2 atom stereocenters. The first-order valence-corrected chi connectivity index (χ1v) is 11.7. The molecule has 1 N–H and O–H groups in total. The van der Waals surface area contributed by atoms with Gasteiger partial charge < -0.3 is 10.1 Å². The predicted octanol–water partition coefficient (Wildman–Crippen LogP) is 5.14. The lowest BCUT2D eigenvalue weighted by atomic mass is 9.43. The maximum atomic E-state index is 13.1. The minimum absolute atomic E-state index is 0.138. The van der Waals surface area contributed by atoms with Crippen LogP contribution in [0.3, 0.4) is 0 Å². The van der Waals surface area contributed by atoms with E-state index < -0.39 is 0 Å². The van der Waals surface area contributed by atoms with Gasteiger partial charge in [-0.05, 0) is 80.0 Å². The maximum absolute atomic E-state index is 13.1. The van der Waals surface area contributed by atoms with Gasteiger partial charge >= 0.3 is 6.09 Å². The summed E-state index contributed by atoms with van der Waals surface area (Å²) in [6.45, 7) is 6.10. The van der Waals surface area contributed by atoms with Crippen molar-refractivity contribution in [3.63, 3.8) is 0 Å². The van der Waals surface area contributed by atoms with Gasteiger partial charge in [-0.3, -0.25) is 9.88 Å². The lowest BCUT2D eigenvalue weighted by Crippen LogP contribution is -2.65. The van der Waals surface area contributed by atoms with Crippen molar-refractivity contribution in [2.75, 3.05) is 13.6 Å². The Hall–Kier alpha value is -2.58. The predicted molar refractivity (Wildman–Crippen MR) is 126 cm³/mol. The van der Waals surface area contributed by atoms with Crippen molar-refractivity contribution in [2.24, 2.45) is 16.7 Å². The van der Waals surface area contributed by atoms with Crippen LogP contribution in [0, 0.1) is 29.1 Å². The Morgan fingerprint density at radius 1 is 1.22 bits per heavy atom. The first kappa shape index (κ1) is 21.3. The molecule has 2 unspecified atom stereocenters. The van der Waals surface area contributed by atoms with Crippen LogP contribution >= 0.6 is 0 Å². The number of fused-ring (bicyclic) bond motifs is 1. The van der Waals surface area contributed by atoms with Crippen molar-refractivity contribution in [1.82, 2.24) is 15.2 Å². The van der Waals surface area contributed by atoms with Crippen molar-refractivity contribution in [2.45, 2.75) is 64.5 Å². The summed E-state index contributed by atoms with van der Waals surface area (Å²) >= 11 is 0. The highest BCUT2D eigenvalue weighted by molar-refractivity contribution is 5.89. The third-order valence-electron chi connectivity index (χ3n) is 7.82. The zero-order valence-corrected chi connectivity index (χ0v) is 19.4. The highest BCUT2D eigenvalue weighted by Gasteiger charge is 2.60. The lowest BCUT2D eigenvalue weighted by Gasteiger charge is -2.65. The Bertz CT molecular complexity index is 1090. The molecule has 6 rings (SSSR count). The summed E-state index contributed by atoms with van der Waals surface area (Å²) in [6.07, 6.45) is 13.9. The number of hydrogen-bond acceptors (Lipinski definition) is 4. The van der Waals surface area contributed by atoms with E-state index in [4.69, 9.17) is 11.2 Å². The SMILES string of the molecule is C#CCN(C)Cc1ccc(OC(=O)NC23CC4CC(C)(CC(C)(C4)C2)C3)c2ncccc12. The van der Waals surface area contributed by atoms with E-state index in [9.17, 15) is 4.79 Å². The quantitative estimate of drug-likeness (QED) is 0.666. The van der Waals surface area contributed by atoms with Gasteiger partial charge in [0.2, 0.25) is 0 Å². The molecule has 0 radical (unpaired) electrons. The number of carbonyl (C=O) groups is 1. The molecule has 4 aliphatic rings. The molecule has 1 aromatic carbocycles. The molecule has 0 aliphatic heterocycles. The van der Waals surface area contributed by atoms with Gasteiger partial charge in [-0.15, -0.1) is 6.42 Å². The van der Waals surface area contributed by atoms with Gasteiger partial charge in [0.15, 0.2) is 5.75 Å². The molecule has 5 nitrogen and oxygen atoms in total. The summed E-state index contributed by atoms with van der Waals surface area (Å²) in [7, 11) is 1.99. The molecular weight excluding hydrogens is 398 g/mol. The number of carbonyl (C=O) groups excluding carboxylic acids is 1. The van der Waals surface area contributed by atoms with E-state index in [1.165, 1.54) is 19.3 Å². The van der Waals surface area contributed by atoms with Crippen LogP contribution in [0.2, 0.25) is 0 Å². The highest BCUT2D eigenvalue weighted by atomic mass is 16.6. The maximum Gasteiger partial charge on any atom is 0.413 e. The molecule has 4 saturated carbocycles.